The first-order chi connectivity index (χ1) is 3.72. The molecule has 0 saturated carbocycles. The molecule has 3 heteroatoms. The molecule has 0 unspecified atom stereocenters. The lowest BCUT2D eigenvalue weighted by molar-refractivity contribution is 0.867. The van der Waals surface area contributed by atoms with E-state index in [0.29, 0.717) is 0 Å². The quantitative estimate of drug-likeness (QED) is 0.293. The third-order valence-electron chi connectivity index (χ3n) is 1.09. The van der Waals surface area contributed by atoms with Crippen LogP contribution < -0.4 is 11.3 Å². The molecule has 0 aliphatic carbocycles. The SMILES string of the molecule is C/C(CS)=C(\C)NN. The van der Waals surface area contributed by atoms with Crippen molar-refractivity contribution in [1.29, 1.82) is 0 Å². The number of hydrogen-bond acceptors (Lipinski definition) is 3. The van der Waals surface area contributed by atoms with Gasteiger partial charge in [0.05, 0.1) is 0 Å². The van der Waals surface area contributed by atoms with E-state index >= 15 is 0 Å². The molecule has 0 aromatic rings. The predicted molar refractivity (Wildman–Crippen MR) is 39.6 cm³/mol. The Kier molecular flexibility index (Phi) is 3.73. The van der Waals surface area contributed by atoms with Crippen LogP contribution in [0.3, 0.4) is 0 Å². The average Bonchev–Trinajstić information content (AvgIpc) is 1.84. The molecule has 0 aromatic heterocycles. The van der Waals surface area contributed by atoms with Crippen molar-refractivity contribution in [2.24, 2.45) is 5.84 Å². The smallest absolute Gasteiger partial charge is 0.0225 e. The first kappa shape index (κ1) is 7.85. The minimum absolute atomic E-state index is 0.760. The van der Waals surface area contributed by atoms with Gasteiger partial charge in [0.15, 0.2) is 0 Å². The van der Waals surface area contributed by atoms with Gasteiger partial charge in [-0.1, -0.05) is 0 Å². The summed E-state index contributed by atoms with van der Waals surface area (Å²) in [6.07, 6.45) is 0. The number of thiol groups is 1. The minimum atomic E-state index is 0.760. The second kappa shape index (κ2) is 3.80. The molecule has 2 nitrogen and oxygen atoms in total. The third kappa shape index (κ3) is 2.23. The Balaban J connectivity index is 3.83. The van der Waals surface area contributed by atoms with Gasteiger partial charge in [0.25, 0.3) is 0 Å². The first-order valence-electron chi connectivity index (χ1n) is 2.46. The number of allylic oxidation sites excluding steroid dienone is 1. The minimum Gasteiger partial charge on any atom is -0.329 e. The molecule has 8 heavy (non-hydrogen) atoms. The third-order valence-corrected chi connectivity index (χ3v) is 1.57. The van der Waals surface area contributed by atoms with Crippen LogP contribution in [0.15, 0.2) is 11.3 Å². The van der Waals surface area contributed by atoms with Gasteiger partial charge in [0.2, 0.25) is 0 Å². The Morgan fingerprint density at radius 2 is 2.12 bits per heavy atom. The molecule has 0 aromatic carbocycles. The van der Waals surface area contributed by atoms with Crippen molar-refractivity contribution in [2.75, 3.05) is 5.75 Å². The monoisotopic (exact) mass is 132 g/mol. The normalized spacial score (nSPS) is 13.0. The Labute approximate surface area is 55.5 Å². The van der Waals surface area contributed by atoms with E-state index in [2.05, 4.69) is 18.1 Å². The largest absolute Gasteiger partial charge is 0.329 e. The van der Waals surface area contributed by atoms with E-state index in [1.807, 2.05) is 13.8 Å². The highest BCUT2D eigenvalue weighted by atomic mass is 32.1. The van der Waals surface area contributed by atoms with Crippen molar-refractivity contribution < 1.29 is 0 Å². The molecular weight excluding hydrogens is 120 g/mol. The fraction of sp³-hybridized carbons (Fsp3) is 0.600. The van der Waals surface area contributed by atoms with Gasteiger partial charge in [-0.3, -0.25) is 5.84 Å². The maximum atomic E-state index is 5.11. The van der Waals surface area contributed by atoms with Crippen LogP contribution in [0, 0.1) is 0 Å². The van der Waals surface area contributed by atoms with Crippen LogP contribution in [0.5, 0.6) is 0 Å². The average molecular weight is 132 g/mol. The van der Waals surface area contributed by atoms with Gasteiger partial charge in [-0.25, -0.2) is 0 Å². The molecule has 0 rings (SSSR count). The summed E-state index contributed by atoms with van der Waals surface area (Å²) >= 11 is 4.06. The molecule has 0 radical (unpaired) electrons. The van der Waals surface area contributed by atoms with Crippen LogP contribution in [-0.4, -0.2) is 5.75 Å². The number of hydrogen-bond donors (Lipinski definition) is 3. The van der Waals surface area contributed by atoms with E-state index in [0.717, 1.165) is 11.4 Å². The standard InChI is InChI=1S/C5H12N2S/c1-4(3-8)5(2)7-6/h7-8H,3,6H2,1-2H3/b5-4-. The van der Waals surface area contributed by atoms with Crippen LogP contribution >= 0.6 is 12.6 Å². The summed E-state index contributed by atoms with van der Waals surface area (Å²) in [4.78, 5) is 0. The Morgan fingerprint density at radius 1 is 1.62 bits per heavy atom. The van der Waals surface area contributed by atoms with Gasteiger partial charge < -0.3 is 5.43 Å². The van der Waals surface area contributed by atoms with E-state index in [9.17, 15) is 0 Å². The van der Waals surface area contributed by atoms with Crippen LogP contribution in [0.25, 0.3) is 0 Å². The summed E-state index contributed by atoms with van der Waals surface area (Å²) in [6, 6.07) is 0. The van der Waals surface area contributed by atoms with Gasteiger partial charge in [-0.15, -0.1) is 0 Å². The summed E-state index contributed by atoms with van der Waals surface area (Å²) in [5.74, 6) is 5.87. The van der Waals surface area contributed by atoms with Crippen molar-refractivity contribution in [1.82, 2.24) is 5.43 Å². The molecule has 0 aliphatic rings. The van der Waals surface area contributed by atoms with Gasteiger partial charge in [0, 0.05) is 11.4 Å². The highest BCUT2D eigenvalue weighted by molar-refractivity contribution is 7.80. The van der Waals surface area contributed by atoms with Crippen LogP contribution in [-0.2, 0) is 0 Å². The molecule has 0 fully saturated rings. The second-order valence-corrected chi connectivity index (χ2v) is 2.02. The molecular formula is C5H12N2S. The second-order valence-electron chi connectivity index (χ2n) is 1.71. The molecule has 0 saturated heterocycles. The van der Waals surface area contributed by atoms with Gasteiger partial charge in [-0.2, -0.15) is 12.6 Å². The molecule has 0 aliphatic heterocycles. The zero-order valence-corrected chi connectivity index (χ0v) is 6.13. The fourth-order valence-electron chi connectivity index (χ4n) is 0.242. The molecule has 48 valence electrons. The highest BCUT2D eigenvalue weighted by Crippen LogP contribution is 1.98. The topological polar surface area (TPSA) is 38.0 Å². The van der Waals surface area contributed by atoms with Crippen molar-refractivity contribution in [3.63, 3.8) is 0 Å². The molecule has 0 heterocycles. The van der Waals surface area contributed by atoms with Gasteiger partial charge in [-0.05, 0) is 19.4 Å². The number of nitrogens with two attached hydrogens (primary N) is 1. The number of rotatable bonds is 2. The number of nitrogens with one attached hydrogen (secondary N) is 1. The molecule has 3 N–H and O–H groups in total. The summed E-state index contributed by atoms with van der Waals surface area (Å²) in [5, 5.41) is 0. The fourth-order valence-corrected chi connectivity index (χ4v) is 0.479. The van der Waals surface area contributed by atoms with Crippen molar-refractivity contribution in [2.45, 2.75) is 13.8 Å². The lowest BCUT2D eigenvalue weighted by atomic mass is 10.3. The van der Waals surface area contributed by atoms with Gasteiger partial charge in [0.1, 0.15) is 0 Å². The van der Waals surface area contributed by atoms with E-state index in [-0.39, 0.29) is 0 Å². The van der Waals surface area contributed by atoms with Gasteiger partial charge >= 0.3 is 0 Å². The van der Waals surface area contributed by atoms with E-state index in [4.69, 9.17) is 5.84 Å². The molecule has 0 spiro atoms. The maximum absolute atomic E-state index is 5.11. The van der Waals surface area contributed by atoms with Crippen molar-refractivity contribution in [3.05, 3.63) is 11.3 Å². The van der Waals surface area contributed by atoms with Crippen LogP contribution in [0.1, 0.15) is 13.8 Å². The lowest BCUT2D eigenvalue weighted by Gasteiger charge is -2.01. The van der Waals surface area contributed by atoms with Crippen molar-refractivity contribution >= 4 is 12.6 Å². The van der Waals surface area contributed by atoms with Crippen LogP contribution in [0.4, 0.5) is 0 Å². The van der Waals surface area contributed by atoms with Crippen molar-refractivity contribution in [3.8, 4) is 0 Å². The predicted octanol–water partition coefficient (Wildman–Crippen LogP) is 0.673. The lowest BCUT2D eigenvalue weighted by Crippen LogP contribution is -2.20. The summed E-state index contributed by atoms with van der Waals surface area (Å²) in [5.41, 5.74) is 4.72. The van der Waals surface area contributed by atoms with E-state index in [1.165, 1.54) is 5.57 Å². The van der Waals surface area contributed by atoms with E-state index in [1.54, 1.807) is 0 Å². The molecule has 0 bridgehead atoms. The maximum Gasteiger partial charge on any atom is 0.0225 e. The zero-order valence-electron chi connectivity index (χ0n) is 5.23. The summed E-state index contributed by atoms with van der Waals surface area (Å²) in [6.45, 7) is 3.91. The number of hydrazine groups is 1. The molecule has 0 atom stereocenters. The zero-order chi connectivity index (χ0) is 6.57. The highest BCUT2D eigenvalue weighted by Gasteiger charge is 1.88. The first-order valence-corrected chi connectivity index (χ1v) is 3.09. The Morgan fingerprint density at radius 3 is 2.25 bits per heavy atom. The van der Waals surface area contributed by atoms with Crippen LogP contribution in [0.2, 0.25) is 0 Å². The summed E-state index contributed by atoms with van der Waals surface area (Å²) < 4.78 is 0. The Bertz CT molecular complexity index is 86.6. The Hall–Kier alpha value is -0.150. The molecule has 0 amide bonds. The summed E-state index contributed by atoms with van der Waals surface area (Å²) in [7, 11) is 0. The van der Waals surface area contributed by atoms with E-state index < -0.39 is 0 Å².